The molecule has 0 aliphatic heterocycles. The van der Waals surface area contributed by atoms with Crippen LogP contribution in [-0.4, -0.2) is 24.7 Å². The molecule has 0 unspecified atom stereocenters. The Morgan fingerprint density at radius 2 is 2.24 bits per heavy atom. The minimum atomic E-state index is -0.644. The molecule has 0 fully saturated rings. The lowest BCUT2D eigenvalue weighted by Gasteiger charge is -2.09. The zero-order valence-electron chi connectivity index (χ0n) is 8.83. The van der Waals surface area contributed by atoms with Gasteiger partial charge in [0.25, 0.3) is 0 Å². The molecule has 0 saturated heterocycles. The first-order valence-electron chi connectivity index (χ1n) is 4.44. The number of esters is 1. The van der Waals surface area contributed by atoms with E-state index in [-0.39, 0.29) is 27.9 Å². The summed E-state index contributed by atoms with van der Waals surface area (Å²) in [5.41, 5.74) is 5.52. The third-order valence-electron chi connectivity index (χ3n) is 1.86. The number of thiocarbonyl (C=S) groups is 1. The molecule has 1 rings (SSSR count). The van der Waals surface area contributed by atoms with Gasteiger partial charge in [0.1, 0.15) is 5.82 Å². The number of ether oxygens (including phenoxy) is 2. The van der Waals surface area contributed by atoms with Gasteiger partial charge in [-0.15, -0.1) is 0 Å². The topological polar surface area (TPSA) is 61.5 Å². The second kappa shape index (κ2) is 5.79. The first-order valence-corrected chi connectivity index (χ1v) is 5.22. The molecule has 0 spiro atoms. The summed E-state index contributed by atoms with van der Waals surface area (Å²) in [4.78, 5) is 10.8. The van der Waals surface area contributed by atoms with Crippen molar-refractivity contribution in [3.63, 3.8) is 0 Å². The third kappa shape index (κ3) is 3.54. The van der Waals surface area contributed by atoms with Crippen LogP contribution in [0, 0.1) is 5.82 Å². The maximum absolute atomic E-state index is 13.0. The lowest BCUT2D eigenvalue weighted by molar-refractivity contribution is -0.143. The van der Waals surface area contributed by atoms with Gasteiger partial charge < -0.3 is 15.2 Å². The van der Waals surface area contributed by atoms with Crippen molar-refractivity contribution >= 4 is 40.5 Å². The molecule has 0 aromatic heterocycles. The highest BCUT2D eigenvalue weighted by Gasteiger charge is 2.13. The Balaban J connectivity index is 2.82. The van der Waals surface area contributed by atoms with Gasteiger partial charge in [0.15, 0.2) is 11.7 Å². The van der Waals surface area contributed by atoms with Crippen LogP contribution in [0.4, 0.5) is 10.1 Å². The summed E-state index contributed by atoms with van der Waals surface area (Å²) in [5, 5.41) is 0.0127. The van der Waals surface area contributed by atoms with E-state index in [1.807, 2.05) is 0 Å². The fourth-order valence-electron chi connectivity index (χ4n) is 0.983. The number of hydrogen-bond donors (Lipinski definition) is 1. The number of carbonyl (C=O) groups excluding carboxylic acids is 1. The molecule has 0 atom stereocenters. The van der Waals surface area contributed by atoms with Crippen LogP contribution in [0.1, 0.15) is 5.56 Å². The number of halogens is 2. The van der Waals surface area contributed by atoms with Gasteiger partial charge in [0, 0.05) is 5.56 Å². The van der Waals surface area contributed by atoms with Gasteiger partial charge in [-0.05, 0) is 24.4 Å². The molecule has 0 bridgehead atoms. The highest BCUT2D eigenvalue weighted by molar-refractivity contribution is 7.80. The standard InChI is InChI=1S/C10H9ClFNO3S/c1-15-9(14)4-16-10(17)5-2-8(13)7(12)3-6(5)11/h2-3H,4,13H2,1H3. The van der Waals surface area contributed by atoms with E-state index in [0.29, 0.717) is 0 Å². The molecular formula is C10H9ClFNO3S. The fourth-order valence-corrected chi connectivity index (χ4v) is 1.50. The van der Waals surface area contributed by atoms with Crippen LogP contribution >= 0.6 is 23.8 Å². The van der Waals surface area contributed by atoms with Gasteiger partial charge in [-0.3, -0.25) is 0 Å². The molecule has 0 amide bonds. The van der Waals surface area contributed by atoms with E-state index >= 15 is 0 Å². The Bertz CT molecular complexity index is 467. The van der Waals surface area contributed by atoms with Crippen molar-refractivity contribution < 1.29 is 18.7 Å². The molecule has 1 aromatic carbocycles. The summed E-state index contributed by atoms with van der Waals surface area (Å²) in [6, 6.07) is 2.28. The first-order chi connectivity index (χ1) is 7.95. The summed E-state index contributed by atoms with van der Waals surface area (Å²) >= 11 is 10.7. The Morgan fingerprint density at radius 1 is 1.59 bits per heavy atom. The van der Waals surface area contributed by atoms with Crippen molar-refractivity contribution in [3.8, 4) is 0 Å². The predicted molar refractivity (Wildman–Crippen MR) is 65.5 cm³/mol. The Labute approximate surface area is 107 Å². The first kappa shape index (κ1) is 13.7. The minimum Gasteiger partial charge on any atom is -0.471 e. The molecule has 0 aliphatic carbocycles. The van der Waals surface area contributed by atoms with E-state index in [1.54, 1.807) is 0 Å². The molecule has 0 aliphatic rings. The minimum absolute atomic E-state index is 0.0490. The molecule has 1 aromatic rings. The summed E-state index contributed by atoms with van der Waals surface area (Å²) in [5.74, 6) is -1.23. The fraction of sp³-hybridized carbons (Fsp3) is 0.200. The predicted octanol–water partition coefficient (Wildman–Crippen LogP) is 1.93. The monoisotopic (exact) mass is 277 g/mol. The van der Waals surface area contributed by atoms with Crippen molar-refractivity contribution in [2.24, 2.45) is 0 Å². The molecule has 17 heavy (non-hydrogen) atoms. The lowest BCUT2D eigenvalue weighted by Crippen LogP contribution is -2.15. The smallest absolute Gasteiger partial charge is 0.343 e. The van der Waals surface area contributed by atoms with Gasteiger partial charge in [-0.1, -0.05) is 11.6 Å². The summed E-state index contributed by atoms with van der Waals surface area (Å²) in [6.07, 6.45) is 0. The summed E-state index contributed by atoms with van der Waals surface area (Å²) in [7, 11) is 1.22. The van der Waals surface area contributed by atoms with Crippen LogP contribution in [0.15, 0.2) is 12.1 Å². The highest BCUT2D eigenvalue weighted by atomic mass is 35.5. The molecule has 0 saturated carbocycles. The molecular weight excluding hydrogens is 269 g/mol. The Morgan fingerprint density at radius 3 is 2.82 bits per heavy atom. The van der Waals surface area contributed by atoms with Crippen LogP contribution in [0.3, 0.4) is 0 Å². The van der Waals surface area contributed by atoms with Crippen LogP contribution in [0.25, 0.3) is 0 Å². The summed E-state index contributed by atoms with van der Waals surface area (Å²) in [6.45, 7) is -0.344. The highest BCUT2D eigenvalue weighted by Crippen LogP contribution is 2.23. The third-order valence-corrected chi connectivity index (χ3v) is 2.51. The van der Waals surface area contributed by atoms with Crippen LogP contribution in [0.2, 0.25) is 5.02 Å². The van der Waals surface area contributed by atoms with Gasteiger partial charge in [-0.25, -0.2) is 9.18 Å². The van der Waals surface area contributed by atoms with E-state index in [0.717, 1.165) is 6.07 Å². The van der Waals surface area contributed by atoms with Crippen LogP contribution in [0.5, 0.6) is 0 Å². The number of nitrogen functional groups attached to an aromatic ring is 1. The number of benzene rings is 1. The molecule has 0 radical (unpaired) electrons. The number of nitrogens with two attached hydrogens (primary N) is 1. The van der Waals surface area contributed by atoms with Crippen molar-refractivity contribution in [2.45, 2.75) is 0 Å². The summed E-state index contributed by atoms with van der Waals surface area (Å²) < 4.78 is 22.3. The molecule has 2 N–H and O–H groups in total. The lowest BCUT2D eigenvalue weighted by atomic mass is 10.2. The molecule has 4 nitrogen and oxygen atoms in total. The number of hydrogen-bond acceptors (Lipinski definition) is 5. The van der Waals surface area contributed by atoms with Crippen molar-refractivity contribution in [1.29, 1.82) is 0 Å². The van der Waals surface area contributed by atoms with Gasteiger partial charge in [0.05, 0.1) is 17.8 Å². The van der Waals surface area contributed by atoms with Crippen LogP contribution in [-0.2, 0) is 14.3 Å². The number of methoxy groups -OCH3 is 1. The van der Waals surface area contributed by atoms with Crippen LogP contribution < -0.4 is 5.73 Å². The normalized spacial score (nSPS) is 9.82. The maximum Gasteiger partial charge on any atom is 0.343 e. The number of carbonyl (C=O) groups is 1. The Hall–Kier alpha value is -1.40. The quantitative estimate of drug-likeness (QED) is 0.520. The van der Waals surface area contributed by atoms with Crippen molar-refractivity contribution in [3.05, 3.63) is 28.5 Å². The molecule has 92 valence electrons. The largest absolute Gasteiger partial charge is 0.471 e. The molecule has 7 heteroatoms. The van der Waals surface area contributed by atoms with E-state index in [4.69, 9.17) is 34.3 Å². The number of anilines is 1. The van der Waals surface area contributed by atoms with Gasteiger partial charge in [-0.2, -0.15) is 0 Å². The molecule has 0 heterocycles. The zero-order chi connectivity index (χ0) is 13.0. The van der Waals surface area contributed by atoms with Gasteiger partial charge in [0.2, 0.25) is 0 Å². The van der Waals surface area contributed by atoms with Crippen molar-refractivity contribution in [1.82, 2.24) is 0 Å². The second-order valence-corrected chi connectivity index (χ2v) is 3.78. The maximum atomic E-state index is 13.0. The zero-order valence-corrected chi connectivity index (χ0v) is 10.4. The van der Waals surface area contributed by atoms with E-state index in [2.05, 4.69) is 4.74 Å². The van der Waals surface area contributed by atoms with Gasteiger partial charge >= 0.3 is 5.97 Å². The Kier molecular flexibility index (Phi) is 4.65. The van der Waals surface area contributed by atoms with E-state index < -0.39 is 11.8 Å². The van der Waals surface area contributed by atoms with E-state index in [9.17, 15) is 9.18 Å². The average molecular weight is 278 g/mol. The number of rotatable bonds is 3. The van der Waals surface area contributed by atoms with Crippen molar-refractivity contribution in [2.75, 3.05) is 19.5 Å². The van der Waals surface area contributed by atoms with E-state index in [1.165, 1.54) is 13.2 Å². The second-order valence-electron chi connectivity index (χ2n) is 3.01. The average Bonchev–Trinajstić information content (AvgIpc) is 2.30. The SMILES string of the molecule is COC(=O)COC(=S)c1cc(N)c(F)cc1Cl.